The van der Waals surface area contributed by atoms with Gasteiger partial charge in [-0.25, -0.2) is 13.4 Å². The highest BCUT2D eigenvalue weighted by Gasteiger charge is 2.16. The fraction of sp³-hybridized carbons (Fsp3) is 0.214. The Morgan fingerprint density at radius 2 is 1.85 bits per heavy atom. The van der Waals surface area contributed by atoms with Gasteiger partial charge in [0.2, 0.25) is 0 Å². The van der Waals surface area contributed by atoms with Crippen molar-refractivity contribution >= 4 is 21.5 Å². The molecular formula is C14H17N3O2S. The summed E-state index contributed by atoms with van der Waals surface area (Å²) < 4.78 is 27.3. The number of anilines is 2. The molecule has 0 unspecified atom stereocenters. The normalized spacial score (nSPS) is 11.2. The van der Waals surface area contributed by atoms with E-state index in [1.165, 1.54) is 18.3 Å². The fourth-order valence-electron chi connectivity index (χ4n) is 1.76. The van der Waals surface area contributed by atoms with Crippen LogP contribution in [0.25, 0.3) is 0 Å². The lowest BCUT2D eigenvalue weighted by atomic mass is 10.1. The molecule has 20 heavy (non-hydrogen) atoms. The third kappa shape index (κ3) is 3.08. The van der Waals surface area contributed by atoms with Crippen LogP contribution in [0, 0.1) is 13.8 Å². The van der Waals surface area contributed by atoms with Gasteiger partial charge < -0.3 is 5.32 Å². The third-order valence-corrected chi connectivity index (χ3v) is 4.30. The quantitative estimate of drug-likeness (QED) is 0.908. The maximum Gasteiger partial charge on any atom is 0.262 e. The van der Waals surface area contributed by atoms with Crippen molar-refractivity contribution in [2.45, 2.75) is 18.7 Å². The monoisotopic (exact) mass is 291 g/mol. The van der Waals surface area contributed by atoms with E-state index in [4.69, 9.17) is 0 Å². The van der Waals surface area contributed by atoms with Gasteiger partial charge in [0.15, 0.2) is 0 Å². The standard InChI is InChI=1S/C14H17N3O2S/c1-10-4-5-11(2)13(8-10)17-20(18,19)12-6-7-16-14(9-12)15-3/h4-9,17H,1-3H3,(H,15,16). The molecule has 2 aromatic rings. The Morgan fingerprint density at radius 1 is 1.10 bits per heavy atom. The highest BCUT2D eigenvalue weighted by Crippen LogP contribution is 2.21. The van der Waals surface area contributed by atoms with Gasteiger partial charge in [-0.3, -0.25) is 4.72 Å². The van der Waals surface area contributed by atoms with Gasteiger partial charge in [-0.15, -0.1) is 0 Å². The van der Waals surface area contributed by atoms with Crippen molar-refractivity contribution in [3.05, 3.63) is 47.7 Å². The summed E-state index contributed by atoms with van der Waals surface area (Å²) in [6.07, 6.45) is 1.46. The van der Waals surface area contributed by atoms with Crippen LogP contribution in [0.2, 0.25) is 0 Å². The minimum atomic E-state index is -3.62. The van der Waals surface area contributed by atoms with Crippen LogP contribution in [-0.2, 0) is 10.0 Å². The van der Waals surface area contributed by atoms with Crippen molar-refractivity contribution in [3.8, 4) is 0 Å². The van der Waals surface area contributed by atoms with Crippen molar-refractivity contribution in [2.24, 2.45) is 0 Å². The lowest BCUT2D eigenvalue weighted by molar-refractivity contribution is 0.601. The molecule has 0 amide bonds. The van der Waals surface area contributed by atoms with Crippen molar-refractivity contribution in [3.63, 3.8) is 0 Å². The molecule has 2 rings (SSSR count). The Kier molecular flexibility index (Phi) is 3.94. The Bertz CT molecular complexity index is 727. The molecule has 106 valence electrons. The van der Waals surface area contributed by atoms with Crippen molar-refractivity contribution in [2.75, 3.05) is 17.1 Å². The molecule has 0 saturated heterocycles. The van der Waals surface area contributed by atoms with Gasteiger partial charge in [-0.05, 0) is 37.1 Å². The van der Waals surface area contributed by atoms with Crippen molar-refractivity contribution in [1.29, 1.82) is 0 Å². The first-order valence-electron chi connectivity index (χ1n) is 6.16. The molecule has 2 N–H and O–H groups in total. The number of rotatable bonds is 4. The van der Waals surface area contributed by atoms with Gasteiger partial charge in [-0.1, -0.05) is 12.1 Å². The number of pyridine rings is 1. The molecule has 0 atom stereocenters. The van der Waals surface area contributed by atoms with Gasteiger partial charge in [0.1, 0.15) is 5.82 Å². The predicted octanol–water partition coefficient (Wildman–Crippen LogP) is 2.54. The Balaban J connectivity index is 2.38. The molecule has 0 spiro atoms. The number of nitrogens with zero attached hydrogens (tertiary/aromatic N) is 1. The van der Waals surface area contributed by atoms with Gasteiger partial charge in [0.05, 0.1) is 10.6 Å². The van der Waals surface area contributed by atoms with Crippen molar-refractivity contribution < 1.29 is 8.42 Å². The van der Waals surface area contributed by atoms with Crippen LogP contribution in [0.5, 0.6) is 0 Å². The summed E-state index contributed by atoms with van der Waals surface area (Å²) in [6, 6.07) is 8.60. The first-order chi connectivity index (χ1) is 9.42. The highest BCUT2D eigenvalue weighted by atomic mass is 32.2. The van der Waals surface area contributed by atoms with Crippen molar-refractivity contribution in [1.82, 2.24) is 4.98 Å². The minimum absolute atomic E-state index is 0.178. The highest BCUT2D eigenvalue weighted by molar-refractivity contribution is 7.92. The van der Waals surface area contributed by atoms with Crippen LogP contribution in [0.1, 0.15) is 11.1 Å². The van der Waals surface area contributed by atoms with E-state index in [1.54, 1.807) is 7.05 Å². The van der Waals surface area contributed by atoms with Gasteiger partial charge in [-0.2, -0.15) is 0 Å². The number of nitrogens with one attached hydrogen (secondary N) is 2. The van der Waals surface area contributed by atoms with E-state index in [9.17, 15) is 8.42 Å². The van der Waals surface area contributed by atoms with Gasteiger partial charge in [0.25, 0.3) is 10.0 Å². The van der Waals surface area contributed by atoms with Crippen LogP contribution in [0.3, 0.4) is 0 Å². The second-order valence-corrected chi connectivity index (χ2v) is 6.23. The molecule has 1 aromatic heterocycles. The van der Waals surface area contributed by atoms with Gasteiger partial charge in [0, 0.05) is 19.3 Å². The van der Waals surface area contributed by atoms with E-state index in [0.717, 1.165) is 11.1 Å². The first kappa shape index (κ1) is 14.3. The molecule has 0 saturated carbocycles. The number of hydrogen-bond donors (Lipinski definition) is 2. The van der Waals surface area contributed by atoms with E-state index in [2.05, 4.69) is 15.0 Å². The second kappa shape index (κ2) is 5.50. The summed E-state index contributed by atoms with van der Waals surface area (Å²) in [5, 5.41) is 2.82. The Morgan fingerprint density at radius 3 is 2.55 bits per heavy atom. The smallest absolute Gasteiger partial charge is 0.262 e. The van der Waals surface area contributed by atoms with E-state index in [1.807, 2.05) is 32.0 Å². The lowest BCUT2D eigenvalue weighted by Gasteiger charge is -2.12. The van der Waals surface area contributed by atoms with E-state index in [-0.39, 0.29) is 4.90 Å². The molecule has 1 heterocycles. The lowest BCUT2D eigenvalue weighted by Crippen LogP contribution is -2.14. The molecule has 6 heteroatoms. The molecular weight excluding hydrogens is 274 g/mol. The zero-order valence-electron chi connectivity index (χ0n) is 11.6. The largest absolute Gasteiger partial charge is 0.373 e. The molecule has 5 nitrogen and oxygen atoms in total. The molecule has 1 aromatic carbocycles. The summed E-state index contributed by atoms with van der Waals surface area (Å²) in [7, 11) is -1.92. The second-order valence-electron chi connectivity index (χ2n) is 4.55. The average Bonchev–Trinajstić information content (AvgIpc) is 2.43. The number of aromatic nitrogens is 1. The fourth-order valence-corrected chi connectivity index (χ4v) is 2.90. The number of benzene rings is 1. The van der Waals surface area contributed by atoms with E-state index in [0.29, 0.717) is 11.5 Å². The van der Waals surface area contributed by atoms with E-state index >= 15 is 0 Å². The Labute approximate surface area is 119 Å². The number of hydrogen-bond acceptors (Lipinski definition) is 4. The summed E-state index contributed by atoms with van der Waals surface area (Å²) in [6.45, 7) is 3.78. The predicted molar refractivity (Wildman–Crippen MR) is 80.5 cm³/mol. The summed E-state index contributed by atoms with van der Waals surface area (Å²) in [5.74, 6) is 0.508. The van der Waals surface area contributed by atoms with Crippen LogP contribution >= 0.6 is 0 Å². The topological polar surface area (TPSA) is 71.1 Å². The van der Waals surface area contributed by atoms with Crippen LogP contribution in [0.15, 0.2) is 41.4 Å². The zero-order valence-corrected chi connectivity index (χ0v) is 12.5. The minimum Gasteiger partial charge on any atom is -0.373 e. The molecule has 0 aliphatic heterocycles. The van der Waals surface area contributed by atoms with Gasteiger partial charge >= 0.3 is 0 Å². The number of aryl methyl sites for hydroxylation is 2. The zero-order chi connectivity index (χ0) is 14.8. The molecule has 0 fully saturated rings. The molecule has 0 aliphatic carbocycles. The number of sulfonamides is 1. The van der Waals surface area contributed by atoms with Crippen LogP contribution in [0.4, 0.5) is 11.5 Å². The van der Waals surface area contributed by atoms with Crippen LogP contribution in [-0.4, -0.2) is 20.4 Å². The summed E-state index contributed by atoms with van der Waals surface area (Å²) in [4.78, 5) is 4.19. The Hall–Kier alpha value is -2.08. The third-order valence-electron chi connectivity index (χ3n) is 2.94. The SMILES string of the molecule is CNc1cc(S(=O)(=O)Nc2cc(C)ccc2C)ccn1. The molecule has 0 aliphatic rings. The first-order valence-corrected chi connectivity index (χ1v) is 7.64. The molecule has 0 bridgehead atoms. The molecule has 0 radical (unpaired) electrons. The maximum atomic E-state index is 12.4. The van der Waals surface area contributed by atoms with E-state index < -0.39 is 10.0 Å². The summed E-state index contributed by atoms with van der Waals surface area (Å²) >= 11 is 0. The van der Waals surface area contributed by atoms with Crippen LogP contribution < -0.4 is 10.0 Å². The maximum absolute atomic E-state index is 12.4. The summed E-state index contributed by atoms with van der Waals surface area (Å²) in [5.41, 5.74) is 2.47. The average molecular weight is 291 g/mol.